The number of nitrogens with one attached hydrogen (secondary N) is 1. The molecule has 0 aromatic heterocycles. The molecule has 3 rings (SSSR count). The van der Waals surface area contributed by atoms with Crippen LogP contribution in [0.3, 0.4) is 0 Å². The first-order valence-electron chi connectivity index (χ1n) is 7.66. The zero-order chi connectivity index (χ0) is 15.5. The molecule has 6 nitrogen and oxygen atoms in total. The summed E-state index contributed by atoms with van der Waals surface area (Å²) in [5.74, 6) is -0.408. The number of carbonyl (C=O) groups excluding carboxylic acids is 2. The van der Waals surface area contributed by atoms with E-state index in [0.29, 0.717) is 17.3 Å². The van der Waals surface area contributed by atoms with Gasteiger partial charge in [-0.1, -0.05) is 6.07 Å². The van der Waals surface area contributed by atoms with Gasteiger partial charge in [0.05, 0.1) is 12.7 Å². The van der Waals surface area contributed by atoms with Gasteiger partial charge >= 0.3 is 12.0 Å². The molecule has 0 spiro atoms. The van der Waals surface area contributed by atoms with Crippen LogP contribution < -0.4 is 5.32 Å². The fourth-order valence-electron chi connectivity index (χ4n) is 3.00. The maximum absolute atomic E-state index is 12.2. The third-order valence-corrected chi connectivity index (χ3v) is 4.34. The Hall–Kier alpha value is -2.08. The van der Waals surface area contributed by atoms with Crippen molar-refractivity contribution in [3.63, 3.8) is 0 Å². The minimum atomic E-state index is -0.408. The molecule has 0 bridgehead atoms. The lowest BCUT2D eigenvalue weighted by molar-refractivity contribution is 0.0600. The molecule has 2 amide bonds. The zero-order valence-electron chi connectivity index (χ0n) is 12.7. The maximum atomic E-state index is 12.2. The maximum Gasteiger partial charge on any atom is 0.337 e. The summed E-state index contributed by atoms with van der Waals surface area (Å²) in [7, 11) is 1.34. The number of methoxy groups -OCH3 is 1. The number of urea groups is 1. The van der Waals surface area contributed by atoms with Crippen LogP contribution in [-0.4, -0.2) is 61.1 Å². The Morgan fingerprint density at radius 3 is 2.64 bits per heavy atom. The molecular weight excluding hydrogens is 282 g/mol. The number of ether oxygens (including phenoxy) is 1. The number of anilines is 1. The van der Waals surface area contributed by atoms with Crippen LogP contribution in [0.5, 0.6) is 0 Å². The summed E-state index contributed by atoms with van der Waals surface area (Å²) in [5, 5.41) is 2.84. The fraction of sp³-hybridized carbons (Fsp3) is 0.500. The van der Waals surface area contributed by atoms with Gasteiger partial charge in [-0.05, 0) is 44.1 Å². The van der Waals surface area contributed by atoms with Crippen LogP contribution >= 0.6 is 0 Å². The van der Waals surface area contributed by atoms with E-state index >= 15 is 0 Å². The summed E-state index contributed by atoms with van der Waals surface area (Å²) < 4.78 is 4.68. The first-order valence-corrected chi connectivity index (χ1v) is 7.66. The normalized spacial score (nSPS) is 18.9. The Balaban J connectivity index is 1.53. The number of carbonyl (C=O) groups is 2. The van der Waals surface area contributed by atoms with Crippen molar-refractivity contribution in [2.24, 2.45) is 0 Å². The molecule has 2 fully saturated rings. The van der Waals surface area contributed by atoms with E-state index in [1.54, 1.807) is 29.2 Å². The zero-order valence-corrected chi connectivity index (χ0v) is 12.7. The van der Waals surface area contributed by atoms with E-state index in [-0.39, 0.29) is 6.03 Å². The molecule has 0 unspecified atom stereocenters. The van der Waals surface area contributed by atoms with E-state index < -0.39 is 5.97 Å². The van der Waals surface area contributed by atoms with Crippen LogP contribution in [-0.2, 0) is 4.74 Å². The Bertz CT molecular complexity index is 564. The lowest BCUT2D eigenvalue weighted by atomic mass is 10.1. The highest BCUT2D eigenvalue weighted by Crippen LogP contribution is 2.21. The number of amides is 2. The molecule has 118 valence electrons. The Kier molecular flexibility index (Phi) is 4.29. The lowest BCUT2D eigenvalue weighted by Crippen LogP contribution is -2.61. The highest BCUT2D eigenvalue weighted by Gasteiger charge is 2.35. The Morgan fingerprint density at radius 1 is 1.23 bits per heavy atom. The van der Waals surface area contributed by atoms with E-state index in [1.807, 2.05) is 0 Å². The van der Waals surface area contributed by atoms with Crippen LogP contribution in [0.15, 0.2) is 24.3 Å². The summed E-state index contributed by atoms with van der Waals surface area (Å²) >= 11 is 0. The van der Waals surface area contributed by atoms with Crippen molar-refractivity contribution < 1.29 is 14.3 Å². The highest BCUT2D eigenvalue weighted by atomic mass is 16.5. The third kappa shape index (κ3) is 3.06. The number of likely N-dealkylation sites (tertiary alicyclic amines) is 2. The van der Waals surface area contributed by atoms with Gasteiger partial charge in [0.1, 0.15) is 0 Å². The molecule has 2 heterocycles. The van der Waals surface area contributed by atoms with Crippen molar-refractivity contribution in [2.45, 2.75) is 18.9 Å². The van der Waals surface area contributed by atoms with Gasteiger partial charge in [0.25, 0.3) is 0 Å². The summed E-state index contributed by atoms with van der Waals surface area (Å²) in [6.45, 7) is 3.87. The largest absolute Gasteiger partial charge is 0.465 e. The minimum absolute atomic E-state index is 0.113. The molecule has 0 saturated carbocycles. The molecule has 1 N–H and O–H groups in total. The van der Waals surface area contributed by atoms with Crippen molar-refractivity contribution in [2.75, 3.05) is 38.6 Å². The van der Waals surface area contributed by atoms with Crippen LogP contribution in [0.25, 0.3) is 0 Å². The SMILES string of the molecule is COC(=O)c1cccc(NC(=O)N2CC(N3CCCC3)C2)c1. The summed E-state index contributed by atoms with van der Waals surface area (Å²) in [6, 6.07) is 7.18. The standard InChI is InChI=1S/C16H21N3O3/c1-22-15(20)12-5-4-6-13(9-12)17-16(21)19-10-14(11-19)18-7-2-3-8-18/h4-6,9,14H,2-3,7-8,10-11H2,1H3,(H,17,21). The lowest BCUT2D eigenvalue weighted by Gasteiger charge is -2.43. The molecule has 1 aromatic rings. The highest BCUT2D eigenvalue weighted by molar-refractivity contribution is 5.94. The summed E-state index contributed by atoms with van der Waals surface area (Å²) in [5.41, 5.74) is 1.04. The van der Waals surface area contributed by atoms with Crippen molar-refractivity contribution in [1.29, 1.82) is 0 Å². The average molecular weight is 303 g/mol. The van der Waals surface area contributed by atoms with Crippen molar-refractivity contribution in [3.05, 3.63) is 29.8 Å². The van der Waals surface area contributed by atoms with Gasteiger partial charge in [0.15, 0.2) is 0 Å². The Labute approximate surface area is 130 Å². The number of esters is 1. The van der Waals surface area contributed by atoms with E-state index in [4.69, 9.17) is 0 Å². The predicted octanol–water partition coefficient (Wildman–Crippen LogP) is 1.79. The molecule has 6 heteroatoms. The summed E-state index contributed by atoms with van der Waals surface area (Å²) in [6.07, 6.45) is 2.53. The second kappa shape index (κ2) is 6.36. The van der Waals surface area contributed by atoms with Gasteiger partial charge in [0, 0.05) is 24.8 Å². The van der Waals surface area contributed by atoms with Crippen molar-refractivity contribution in [3.8, 4) is 0 Å². The predicted molar refractivity (Wildman–Crippen MR) is 83.0 cm³/mol. The molecule has 2 aliphatic heterocycles. The van der Waals surface area contributed by atoms with Gasteiger partial charge in [-0.25, -0.2) is 9.59 Å². The number of nitrogens with zero attached hydrogens (tertiary/aromatic N) is 2. The van der Waals surface area contributed by atoms with E-state index in [0.717, 1.165) is 26.2 Å². The summed E-state index contributed by atoms with van der Waals surface area (Å²) in [4.78, 5) is 27.9. The average Bonchev–Trinajstić information content (AvgIpc) is 2.99. The minimum Gasteiger partial charge on any atom is -0.465 e. The molecule has 0 atom stereocenters. The smallest absolute Gasteiger partial charge is 0.337 e. The second-order valence-electron chi connectivity index (χ2n) is 5.80. The quantitative estimate of drug-likeness (QED) is 0.865. The fourth-order valence-corrected chi connectivity index (χ4v) is 3.00. The van der Waals surface area contributed by atoms with E-state index in [9.17, 15) is 9.59 Å². The molecule has 0 aliphatic carbocycles. The van der Waals surface area contributed by atoms with Gasteiger partial charge in [-0.15, -0.1) is 0 Å². The van der Waals surface area contributed by atoms with Crippen LogP contribution in [0.1, 0.15) is 23.2 Å². The first kappa shape index (κ1) is 14.8. The number of benzene rings is 1. The molecule has 22 heavy (non-hydrogen) atoms. The number of hydrogen-bond donors (Lipinski definition) is 1. The first-order chi connectivity index (χ1) is 10.7. The van der Waals surface area contributed by atoms with Crippen LogP contribution in [0.2, 0.25) is 0 Å². The van der Waals surface area contributed by atoms with Crippen LogP contribution in [0.4, 0.5) is 10.5 Å². The molecule has 0 radical (unpaired) electrons. The van der Waals surface area contributed by atoms with Crippen molar-refractivity contribution >= 4 is 17.7 Å². The second-order valence-corrected chi connectivity index (χ2v) is 5.80. The monoisotopic (exact) mass is 303 g/mol. The number of hydrogen-bond acceptors (Lipinski definition) is 4. The molecule has 2 saturated heterocycles. The van der Waals surface area contributed by atoms with Gasteiger partial charge in [0.2, 0.25) is 0 Å². The molecular formula is C16H21N3O3. The Morgan fingerprint density at radius 2 is 1.95 bits per heavy atom. The van der Waals surface area contributed by atoms with Gasteiger partial charge < -0.3 is 15.0 Å². The van der Waals surface area contributed by atoms with E-state index in [2.05, 4.69) is 15.0 Å². The van der Waals surface area contributed by atoms with Crippen LogP contribution in [0, 0.1) is 0 Å². The number of rotatable bonds is 3. The van der Waals surface area contributed by atoms with Crippen molar-refractivity contribution in [1.82, 2.24) is 9.80 Å². The third-order valence-electron chi connectivity index (χ3n) is 4.34. The topological polar surface area (TPSA) is 61.9 Å². The van der Waals surface area contributed by atoms with E-state index in [1.165, 1.54) is 20.0 Å². The van der Waals surface area contributed by atoms with Gasteiger partial charge in [-0.2, -0.15) is 0 Å². The molecule has 2 aliphatic rings. The molecule has 1 aromatic carbocycles. The van der Waals surface area contributed by atoms with Gasteiger partial charge in [-0.3, -0.25) is 4.90 Å².